The smallest absolute Gasteiger partial charge is 0.0916 e. The van der Waals surface area contributed by atoms with Crippen LogP contribution in [0.2, 0.25) is 0 Å². The third-order valence-corrected chi connectivity index (χ3v) is 3.74. The molecule has 106 valence electrons. The largest absolute Gasteiger partial charge is 0.387 e. The average molecular weight is 263 g/mol. The molecule has 19 heavy (non-hydrogen) atoms. The van der Waals surface area contributed by atoms with Gasteiger partial charge in [0.1, 0.15) is 0 Å². The van der Waals surface area contributed by atoms with Gasteiger partial charge in [0.05, 0.1) is 18.8 Å². The number of aliphatic hydroxyl groups excluding tert-OH is 1. The second-order valence-electron chi connectivity index (χ2n) is 5.78. The Morgan fingerprint density at radius 1 is 1.26 bits per heavy atom. The summed E-state index contributed by atoms with van der Waals surface area (Å²) in [5.74, 6) is 0.534. The molecule has 0 aliphatic carbocycles. The summed E-state index contributed by atoms with van der Waals surface area (Å²) < 4.78 is 5.51. The Kier molecular flexibility index (Phi) is 4.97. The van der Waals surface area contributed by atoms with E-state index in [1.807, 2.05) is 12.1 Å². The number of ether oxygens (including phenoxy) is 1. The highest BCUT2D eigenvalue weighted by Crippen LogP contribution is 2.20. The third-order valence-electron chi connectivity index (χ3n) is 3.74. The van der Waals surface area contributed by atoms with Crippen LogP contribution in [0.5, 0.6) is 0 Å². The lowest BCUT2D eigenvalue weighted by Crippen LogP contribution is -2.42. The van der Waals surface area contributed by atoms with Gasteiger partial charge in [0.2, 0.25) is 0 Å². The van der Waals surface area contributed by atoms with Crippen molar-refractivity contribution in [3.8, 4) is 0 Å². The summed E-state index contributed by atoms with van der Waals surface area (Å²) in [6, 6.07) is 8.32. The van der Waals surface area contributed by atoms with Gasteiger partial charge in [-0.25, -0.2) is 0 Å². The summed E-state index contributed by atoms with van der Waals surface area (Å²) in [7, 11) is 0. The summed E-state index contributed by atoms with van der Waals surface area (Å²) in [4.78, 5) is 2.27. The molecule has 3 nitrogen and oxygen atoms in total. The lowest BCUT2D eigenvalue weighted by atomic mass is 10.00. The van der Waals surface area contributed by atoms with E-state index in [4.69, 9.17) is 4.74 Å². The minimum absolute atomic E-state index is 0.268. The van der Waals surface area contributed by atoms with Gasteiger partial charge in [-0.3, -0.25) is 4.90 Å². The predicted molar refractivity (Wildman–Crippen MR) is 77.3 cm³/mol. The highest BCUT2D eigenvalue weighted by atomic mass is 16.5. The van der Waals surface area contributed by atoms with Gasteiger partial charge in [0, 0.05) is 19.6 Å². The summed E-state index contributed by atoms with van der Waals surface area (Å²) in [5.41, 5.74) is 2.32. The molecule has 3 heteroatoms. The molecule has 2 unspecified atom stereocenters. The molecular weight excluding hydrogens is 238 g/mol. The molecule has 1 aliphatic rings. The van der Waals surface area contributed by atoms with Gasteiger partial charge in [-0.05, 0) is 24.0 Å². The molecule has 1 fully saturated rings. The zero-order chi connectivity index (χ0) is 13.8. The number of benzene rings is 1. The monoisotopic (exact) mass is 263 g/mol. The first-order valence-corrected chi connectivity index (χ1v) is 7.18. The fourth-order valence-electron chi connectivity index (χ4n) is 2.51. The van der Waals surface area contributed by atoms with Gasteiger partial charge in [0.15, 0.2) is 0 Å². The van der Waals surface area contributed by atoms with Crippen LogP contribution in [0.25, 0.3) is 0 Å². The zero-order valence-electron chi connectivity index (χ0n) is 12.2. The van der Waals surface area contributed by atoms with Crippen LogP contribution in [0, 0.1) is 0 Å². The van der Waals surface area contributed by atoms with E-state index in [9.17, 15) is 5.11 Å². The predicted octanol–water partition coefficient (Wildman–Crippen LogP) is 2.56. The first kappa shape index (κ1) is 14.5. The standard InChI is InChI=1S/C16H25NO2/c1-12(2)14-4-6-15(7-5-14)16(18)11-17-8-9-19-13(3)10-17/h4-7,12-13,16,18H,8-11H2,1-3H3. The van der Waals surface area contributed by atoms with Crippen molar-refractivity contribution in [1.29, 1.82) is 0 Å². The minimum Gasteiger partial charge on any atom is -0.387 e. The first-order chi connectivity index (χ1) is 9.06. The minimum atomic E-state index is -0.411. The van der Waals surface area contributed by atoms with Crippen molar-refractivity contribution in [2.24, 2.45) is 0 Å². The van der Waals surface area contributed by atoms with Gasteiger partial charge in [0.25, 0.3) is 0 Å². The van der Waals surface area contributed by atoms with E-state index in [2.05, 4.69) is 37.8 Å². The van der Waals surface area contributed by atoms with E-state index in [1.165, 1.54) is 5.56 Å². The number of hydrogen-bond acceptors (Lipinski definition) is 3. The molecule has 0 amide bonds. The van der Waals surface area contributed by atoms with Crippen LogP contribution in [0.4, 0.5) is 0 Å². The van der Waals surface area contributed by atoms with Crippen LogP contribution in [-0.4, -0.2) is 42.4 Å². The maximum absolute atomic E-state index is 10.3. The fourth-order valence-corrected chi connectivity index (χ4v) is 2.51. The molecule has 0 bridgehead atoms. The first-order valence-electron chi connectivity index (χ1n) is 7.18. The molecule has 1 saturated heterocycles. The lowest BCUT2D eigenvalue weighted by molar-refractivity contribution is -0.0319. The number of rotatable bonds is 4. The van der Waals surface area contributed by atoms with Gasteiger partial charge in [-0.15, -0.1) is 0 Å². The summed E-state index contributed by atoms with van der Waals surface area (Å²) in [5, 5.41) is 10.3. The highest BCUT2D eigenvalue weighted by Gasteiger charge is 2.19. The summed E-state index contributed by atoms with van der Waals surface area (Å²) in [6.07, 6.45) is -0.143. The van der Waals surface area contributed by atoms with Gasteiger partial charge in [-0.2, -0.15) is 0 Å². The quantitative estimate of drug-likeness (QED) is 0.906. The van der Waals surface area contributed by atoms with E-state index >= 15 is 0 Å². The van der Waals surface area contributed by atoms with Crippen LogP contribution in [-0.2, 0) is 4.74 Å². The number of hydrogen-bond donors (Lipinski definition) is 1. The van der Waals surface area contributed by atoms with E-state index < -0.39 is 6.10 Å². The normalized spacial score (nSPS) is 22.7. The molecule has 0 aromatic heterocycles. The van der Waals surface area contributed by atoms with Crippen molar-refractivity contribution in [3.63, 3.8) is 0 Å². The maximum Gasteiger partial charge on any atom is 0.0916 e. The molecule has 2 atom stereocenters. The zero-order valence-corrected chi connectivity index (χ0v) is 12.2. The Bertz CT molecular complexity index is 388. The molecule has 1 aliphatic heterocycles. The van der Waals surface area contributed by atoms with Crippen LogP contribution in [0.1, 0.15) is 43.9 Å². The van der Waals surface area contributed by atoms with Gasteiger partial charge >= 0.3 is 0 Å². The van der Waals surface area contributed by atoms with E-state index in [1.54, 1.807) is 0 Å². The van der Waals surface area contributed by atoms with Crippen molar-refractivity contribution in [1.82, 2.24) is 4.90 Å². The lowest BCUT2D eigenvalue weighted by Gasteiger charge is -2.32. The SMILES string of the molecule is CC1CN(CC(O)c2ccc(C(C)C)cc2)CCO1. The second-order valence-corrected chi connectivity index (χ2v) is 5.78. The fraction of sp³-hybridized carbons (Fsp3) is 0.625. The Morgan fingerprint density at radius 3 is 2.47 bits per heavy atom. The Hall–Kier alpha value is -0.900. The molecule has 0 radical (unpaired) electrons. The molecule has 0 saturated carbocycles. The number of morpholine rings is 1. The van der Waals surface area contributed by atoms with Crippen molar-refractivity contribution in [3.05, 3.63) is 35.4 Å². The van der Waals surface area contributed by atoms with Crippen molar-refractivity contribution < 1.29 is 9.84 Å². The molecule has 1 heterocycles. The number of aliphatic hydroxyl groups is 1. The van der Waals surface area contributed by atoms with Gasteiger partial charge in [-0.1, -0.05) is 38.1 Å². The molecular formula is C16H25NO2. The number of nitrogens with zero attached hydrogens (tertiary/aromatic N) is 1. The molecule has 1 aromatic carbocycles. The Balaban J connectivity index is 1.93. The Labute approximate surface area is 116 Å². The maximum atomic E-state index is 10.3. The third kappa shape index (κ3) is 4.03. The van der Waals surface area contributed by atoms with Crippen molar-refractivity contribution in [2.75, 3.05) is 26.2 Å². The second kappa shape index (κ2) is 6.51. The van der Waals surface area contributed by atoms with E-state index in [-0.39, 0.29) is 6.10 Å². The molecule has 0 spiro atoms. The van der Waals surface area contributed by atoms with E-state index in [0.717, 1.165) is 25.3 Å². The van der Waals surface area contributed by atoms with Crippen LogP contribution < -0.4 is 0 Å². The average Bonchev–Trinajstić information content (AvgIpc) is 2.39. The topological polar surface area (TPSA) is 32.7 Å². The van der Waals surface area contributed by atoms with Crippen molar-refractivity contribution in [2.45, 2.75) is 38.9 Å². The van der Waals surface area contributed by atoms with Gasteiger partial charge < -0.3 is 9.84 Å². The van der Waals surface area contributed by atoms with Crippen LogP contribution in [0.15, 0.2) is 24.3 Å². The van der Waals surface area contributed by atoms with Crippen LogP contribution in [0.3, 0.4) is 0 Å². The molecule has 1 N–H and O–H groups in total. The summed E-state index contributed by atoms with van der Waals surface area (Å²) >= 11 is 0. The van der Waals surface area contributed by atoms with E-state index in [0.29, 0.717) is 12.5 Å². The van der Waals surface area contributed by atoms with Crippen LogP contribution >= 0.6 is 0 Å². The number of β-amino-alcohol motifs (C(OH)–C–C–N with tert-alkyl or cyclic N) is 1. The molecule has 2 rings (SSSR count). The summed E-state index contributed by atoms with van der Waals surface area (Å²) in [6.45, 7) is 9.71. The van der Waals surface area contributed by atoms with Crippen molar-refractivity contribution >= 4 is 0 Å². The Morgan fingerprint density at radius 2 is 1.89 bits per heavy atom. The highest BCUT2D eigenvalue weighted by molar-refractivity contribution is 5.26. The molecule has 1 aromatic rings.